The number of hydrogen-bond donors (Lipinski definition) is 2. The molecule has 0 saturated heterocycles. The average molecular weight is 343 g/mol. The minimum atomic E-state index is -1.37. The van der Waals surface area contributed by atoms with Crippen molar-refractivity contribution in [3.8, 4) is 5.75 Å². The molecule has 0 aliphatic heterocycles. The minimum absolute atomic E-state index is 0.184. The van der Waals surface area contributed by atoms with Crippen molar-refractivity contribution in [1.29, 1.82) is 0 Å². The molecule has 0 radical (unpaired) electrons. The number of ether oxygens (including phenoxy) is 2. The van der Waals surface area contributed by atoms with Crippen LogP contribution in [0.25, 0.3) is 0 Å². The molecule has 2 rings (SSSR count). The summed E-state index contributed by atoms with van der Waals surface area (Å²) in [6.45, 7) is 0. The van der Waals surface area contributed by atoms with Crippen molar-refractivity contribution in [3.63, 3.8) is 0 Å². The topological polar surface area (TPSA) is 84.9 Å². The van der Waals surface area contributed by atoms with E-state index in [2.05, 4.69) is 5.32 Å². The molecular formula is C19H21NO5. The van der Waals surface area contributed by atoms with Crippen molar-refractivity contribution in [1.82, 2.24) is 5.32 Å². The zero-order chi connectivity index (χ0) is 18.2. The van der Waals surface area contributed by atoms with E-state index in [0.29, 0.717) is 11.3 Å². The second-order valence-electron chi connectivity index (χ2n) is 5.41. The Morgan fingerprint density at radius 1 is 1.04 bits per heavy atom. The van der Waals surface area contributed by atoms with E-state index in [0.717, 1.165) is 5.56 Å². The maximum absolute atomic E-state index is 12.3. The molecule has 1 amide bonds. The third-order valence-corrected chi connectivity index (χ3v) is 3.78. The molecule has 132 valence electrons. The maximum atomic E-state index is 12.3. The van der Waals surface area contributed by atoms with Gasteiger partial charge >= 0.3 is 5.97 Å². The van der Waals surface area contributed by atoms with Crippen LogP contribution in [0, 0.1) is 0 Å². The summed E-state index contributed by atoms with van der Waals surface area (Å²) in [5.41, 5.74) is 1.19. The first kappa shape index (κ1) is 18.5. The highest BCUT2D eigenvalue weighted by atomic mass is 16.5. The molecule has 6 heteroatoms. The molecule has 25 heavy (non-hydrogen) atoms. The van der Waals surface area contributed by atoms with Crippen molar-refractivity contribution in [2.45, 2.75) is 18.6 Å². The number of carbonyl (C=O) groups excluding carboxylic acids is 2. The van der Waals surface area contributed by atoms with Crippen LogP contribution in [0.3, 0.4) is 0 Å². The summed E-state index contributed by atoms with van der Waals surface area (Å²) in [5, 5.41) is 12.7. The van der Waals surface area contributed by atoms with Gasteiger partial charge in [-0.15, -0.1) is 0 Å². The quantitative estimate of drug-likeness (QED) is 0.747. The molecule has 0 heterocycles. The van der Waals surface area contributed by atoms with E-state index < -0.39 is 24.0 Å². The fourth-order valence-corrected chi connectivity index (χ4v) is 2.46. The Labute approximate surface area is 146 Å². The summed E-state index contributed by atoms with van der Waals surface area (Å²) in [4.78, 5) is 24.4. The summed E-state index contributed by atoms with van der Waals surface area (Å²) in [5.74, 6) is -0.662. The second-order valence-corrected chi connectivity index (χ2v) is 5.41. The van der Waals surface area contributed by atoms with E-state index in [9.17, 15) is 14.7 Å². The van der Waals surface area contributed by atoms with Gasteiger partial charge in [0.1, 0.15) is 11.8 Å². The molecule has 0 unspecified atom stereocenters. The average Bonchev–Trinajstić information content (AvgIpc) is 2.67. The van der Waals surface area contributed by atoms with Gasteiger partial charge in [0.15, 0.2) is 6.10 Å². The van der Waals surface area contributed by atoms with E-state index in [1.807, 2.05) is 12.1 Å². The Kier molecular flexibility index (Phi) is 6.54. The molecule has 0 spiro atoms. The van der Waals surface area contributed by atoms with E-state index in [-0.39, 0.29) is 6.42 Å². The third-order valence-electron chi connectivity index (χ3n) is 3.78. The van der Waals surface area contributed by atoms with E-state index >= 15 is 0 Å². The number of hydrogen-bond acceptors (Lipinski definition) is 5. The zero-order valence-electron chi connectivity index (χ0n) is 14.1. The highest BCUT2D eigenvalue weighted by Crippen LogP contribution is 2.20. The van der Waals surface area contributed by atoms with Crippen LogP contribution in [0.5, 0.6) is 5.75 Å². The summed E-state index contributed by atoms with van der Waals surface area (Å²) < 4.78 is 10.0. The predicted octanol–water partition coefficient (Wildman–Crippen LogP) is 1.63. The smallest absolute Gasteiger partial charge is 0.328 e. The number of carbonyl (C=O) groups is 2. The van der Waals surface area contributed by atoms with Crippen LogP contribution < -0.4 is 10.1 Å². The molecule has 2 N–H and O–H groups in total. The fourth-order valence-electron chi connectivity index (χ4n) is 2.46. The van der Waals surface area contributed by atoms with Gasteiger partial charge in [0.2, 0.25) is 0 Å². The Morgan fingerprint density at radius 3 is 2.32 bits per heavy atom. The van der Waals surface area contributed by atoms with Crippen molar-refractivity contribution < 1.29 is 24.2 Å². The summed E-state index contributed by atoms with van der Waals surface area (Å²) in [7, 11) is 2.78. The number of methoxy groups -OCH3 is 2. The van der Waals surface area contributed by atoms with Gasteiger partial charge in [-0.1, -0.05) is 48.5 Å². The van der Waals surface area contributed by atoms with Crippen molar-refractivity contribution in [2.75, 3.05) is 14.2 Å². The van der Waals surface area contributed by atoms with Gasteiger partial charge < -0.3 is 19.9 Å². The molecule has 0 aliphatic rings. The van der Waals surface area contributed by atoms with Crippen molar-refractivity contribution in [2.24, 2.45) is 0 Å². The molecule has 2 aromatic carbocycles. The van der Waals surface area contributed by atoms with E-state index in [1.54, 1.807) is 42.5 Å². The van der Waals surface area contributed by atoms with Gasteiger partial charge in [-0.3, -0.25) is 4.79 Å². The van der Waals surface area contributed by atoms with Gasteiger partial charge in [-0.2, -0.15) is 0 Å². The zero-order valence-corrected chi connectivity index (χ0v) is 14.1. The SMILES string of the molecule is COC(=O)[C@@H](Cc1ccccc1OC)NC(=O)[C@@H](O)c1ccccc1. The van der Waals surface area contributed by atoms with Crippen molar-refractivity contribution in [3.05, 3.63) is 65.7 Å². The highest BCUT2D eigenvalue weighted by Gasteiger charge is 2.27. The van der Waals surface area contributed by atoms with Gasteiger partial charge in [0.05, 0.1) is 14.2 Å². The second kappa shape index (κ2) is 8.84. The van der Waals surface area contributed by atoms with E-state index in [4.69, 9.17) is 9.47 Å². The molecular weight excluding hydrogens is 322 g/mol. The van der Waals surface area contributed by atoms with Crippen LogP contribution in [-0.2, 0) is 20.7 Å². The lowest BCUT2D eigenvalue weighted by molar-refractivity contribution is -0.146. The number of nitrogens with one attached hydrogen (secondary N) is 1. The van der Waals surface area contributed by atoms with Crippen LogP contribution in [0.15, 0.2) is 54.6 Å². The molecule has 2 aromatic rings. The first-order valence-electron chi connectivity index (χ1n) is 7.80. The standard InChI is InChI=1S/C19H21NO5/c1-24-16-11-7-6-10-14(16)12-15(19(23)25-2)20-18(22)17(21)13-8-4-3-5-9-13/h3-11,15,17,21H,12H2,1-2H3,(H,20,22)/t15-,17+/m1/s1. The number of benzene rings is 2. The van der Waals surface area contributed by atoms with Crippen LogP contribution in [-0.4, -0.2) is 37.2 Å². The Balaban J connectivity index is 2.15. The molecule has 0 saturated carbocycles. The van der Waals surface area contributed by atoms with Crippen molar-refractivity contribution >= 4 is 11.9 Å². The number of rotatable bonds is 7. The fraction of sp³-hybridized carbons (Fsp3) is 0.263. The third kappa shape index (κ3) is 4.81. The van der Waals surface area contributed by atoms with Crippen LogP contribution in [0.1, 0.15) is 17.2 Å². The van der Waals surface area contributed by atoms with Crippen LogP contribution >= 0.6 is 0 Å². The molecule has 0 bridgehead atoms. The number of aliphatic hydroxyl groups excluding tert-OH is 1. The monoisotopic (exact) mass is 343 g/mol. The van der Waals surface area contributed by atoms with Gasteiger partial charge in [-0.25, -0.2) is 4.79 Å². The van der Waals surface area contributed by atoms with Crippen LogP contribution in [0.2, 0.25) is 0 Å². The van der Waals surface area contributed by atoms with E-state index in [1.165, 1.54) is 14.2 Å². The molecule has 0 aromatic heterocycles. The lowest BCUT2D eigenvalue weighted by Crippen LogP contribution is -2.45. The highest BCUT2D eigenvalue weighted by molar-refractivity contribution is 5.87. The normalized spacial score (nSPS) is 12.8. The van der Waals surface area contributed by atoms with Gasteiger partial charge in [-0.05, 0) is 17.2 Å². The number of aliphatic hydroxyl groups is 1. The molecule has 0 fully saturated rings. The number of para-hydroxylation sites is 1. The molecule has 6 nitrogen and oxygen atoms in total. The van der Waals surface area contributed by atoms with Gasteiger partial charge in [0.25, 0.3) is 5.91 Å². The maximum Gasteiger partial charge on any atom is 0.328 e. The lowest BCUT2D eigenvalue weighted by atomic mass is 10.0. The van der Waals surface area contributed by atoms with Gasteiger partial charge in [0, 0.05) is 6.42 Å². The molecule has 0 aliphatic carbocycles. The largest absolute Gasteiger partial charge is 0.496 e. The lowest BCUT2D eigenvalue weighted by Gasteiger charge is -2.20. The number of esters is 1. The number of amides is 1. The summed E-state index contributed by atoms with van der Waals surface area (Å²) in [6.07, 6.45) is -1.18. The Morgan fingerprint density at radius 2 is 1.68 bits per heavy atom. The van der Waals surface area contributed by atoms with Crippen LogP contribution in [0.4, 0.5) is 0 Å². The first-order valence-corrected chi connectivity index (χ1v) is 7.80. The first-order chi connectivity index (χ1) is 12.1. The predicted molar refractivity (Wildman–Crippen MR) is 92.0 cm³/mol. The summed E-state index contributed by atoms with van der Waals surface area (Å²) in [6, 6.07) is 14.8. The molecule has 2 atom stereocenters. The Bertz CT molecular complexity index is 717. The minimum Gasteiger partial charge on any atom is -0.496 e. The Hall–Kier alpha value is -2.86. The summed E-state index contributed by atoms with van der Waals surface area (Å²) >= 11 is 0.